The second-order valence-electron chi connectivity index (χ2n) is 9.17. The van der Waals surface area contributed by atoms with Gasteiger partial charge in [0.1, 0.15) is 6.61 Å². The van der Waals surface area contributed by atoms with E-state index < -0.39 is 11.9 Å². The highest BCUT2D eigenvalue weighted by molar-refractivity contribution is 8.03. The third kappa shape index (κ3) is 6.72. The molecular weight excluding hydrogens is 530 g/mol. The summed E-state index contributed by atoms with van der Waals surface area (Å²) in [5.74, 6) is -1.31. The maximum atomic E-state index is 13.4. The van der Waals surface area contributed by atoms with Crippen molar-refractivity contribution in [2.75, 3.05) is 11.1 Å². The average molecular weight is 558 g/mol. The van der Waals surface area contributed by atoms with Gasteiger partial charge in [-0.3, -0.25) is 4.79 Å². The number of anilines is 1. The van der Waals surface area contributed by atoms with Crippen LogP contribution in [0.4, 0.5) is 5.69 Å². The number of aryl methyl sites for hydroxylation is 2. The quantitative estimate of drug-likeness (QED) is 0.297. The Labute approximate surface area is 237 Å². The number of nitriles is 1. The normalized spacial score (nSPS) is 14.9. The molecule has 3 aromatic rings. The van der Waals surface area contributed by atoms with Gasteiger partial charge in [0, 0.05) is 16.4 Å². The molecule has 0 bridgehead atoms. The summed E-state index contributed by atoms with van der Waals surface area (Å²) in [5.41, 5.74) is 5.55. The number of hydrogen-bond donors (Lipinski definition) is 2. The predicted molar refractivity (Wildman–Crippen MR) is 156 cm³/mol. The number of allylic oxidation sites excluding steroid dienone is 2. The lowest BCUT2D eigenvalue weighted by molar-refractivity contribution is -0.140. The van der Waals surface area contributed by atoms with Gasteiger partial charge in [-0.2, -0.15) is 5.26 Å². The number of nitrogens with one attached hydrogen (secondary N) is 2. The zero-order valence-electron chi connectivity index (χ0n) is 21.9. The molecule has 6 nitrogen and oxygen atoms in total. The van der Waals surface area contributed by atoms with Gasteiger partial charge < -0.3 is 15.4 Å². The van der Waals surface area contributed by atoms with Crippen LogP contribution in [-0.4, -0.2) is 17.6 Å². The van der Waals surface area contributed by atoms with Crippen molar-refractivity contribution in [1.82, 2.24) is 5.32 Å². The smallest absolute Gasteiger partial charge is 0.337 e. The first kappa shape index (κ1) is 28.0. The van der Waals surface area contributed by atoms with E-state index in [1.807, 2.05) is 62.4 Å². The molecule has 1 amide bonds. The van der Waals surface area contributed by atoms with Gasteiger partial charge in [0.2, 0.25) is 5.91 Å². The van der Waals surface area contributed by atoms with E-state index in [4.69, 9.17) is 16.3 Å². The molecule has 0 unspecified atom stereocenters. The second-order valence-corrected chi connectivity index (χ2v) is 10.6. The van der Waals surface area contributed by atoms with Crippen LogP contribution in [0, 0.1) is 25.2 Å². The van der Waals surface area contributed by atoms with Crippen LogP contribution in [0.25, 0.3) is 0 Å². The number of halogens is 1. The van der Waals surface area contributed by atoms with Crippen LogP contribution >= 0.6 is 23.4 Å². The Kier molecular flexibility index (Phi) is 9.13. The molecule has 39 heavy (non-hydrogen) atoms. The minimum atomic E-state index is -0.680. The number of benzene rings is 3. The van der Waals surface area contributed by atoms with Gasteiger partial charge in [-0.05, 0) is 55.2 Å². The third-order valence-electron chi connectivity index (χ3n) is 6.38. The summed E-state index contributed by atoms with van der Waals surface area (Å²) >= 11 is 7.35. The van der Waals surface area contributed by atoms with Gasteiger partial charge >= 0.3 is 5.97 Å². The van der Waals surface area contributed by atoms with Crippen LogP contribution in [0.15, 0.2) is 94.7 Å². The Morgan fingerprint density at radius 2 is 1.67 bits per heavy atom. The number of amides is 1. The first-order valence-corrected chi connectivity index (χ1v) is 13.7. The van der Waals surface area contributed by atoms with Crippen molar-refractivity contribution in [2.45, 2.75) is 33.3 Å². The highest BCUT2D eigenvalue weighted by atomic mass is 35.5. The molecule has 0 aliphatic carbocycles. The van der Waals surface area contributed by atoms with Crippen LogP contribution in [0.5, 0.6) is 0 Å². The molecule has 198 valence electrons. The molecule has 0 aromatic heterocycles. The van der Waals surface area contributed by atoms with Gasteiger partial charge in [0.05, 0.1) is 33.9 Å². The molecule has 0 radical (unpaired) electrons. The number of esters is 1. The van der Waals surface area contributed by atoms with Crippen LogP contribution in [0.1, 0.15) is 35.1 Å². The molecule has 2 N–H and O–H groups in total. The topological polar surface area (TPSA) is 91.2 Å². The zero-order valence-corrected chi connectivity index (χ0v) is 23.5. The summed E-state index contributed by atoms with van der Waals surface area (Å²) in [6.07, 6.45) is 0. The number of nitrogens with zero attached hydrogens (tertiary/aromatic N) is 1. The summed E-state index contributed by atoms with van der Waals surface area (Å²) in [5, 5.41) is 17.5. The largest absolute Gasteiger partial charge is 0.457 e. The van der Waals surface area contributed by atoms with Gasteiger partial charge in [-0.1, -0.05) is 84.0 Å². The Balaban J connectivity index is 1.60. The minimum absolute atomic E-state index is 0.0791. The molecule has 4 rings (SSSR count). The van der Waals surface area contributed by atoms with E-state index in [9.17, 15) is 14.9 Å². The molecule has 8 heteroatoms. The van der Waals surface area contributed by atoms with Gasteiger partial charge in [0.15, 0.2) is 0 Å². The number of carbonyl (C=O) groups excluding carboxylic acids is 2. The fourth-order valence-corrected chi connectivity index (χ4v) is 5.43. The molecule has 1 atom stereocenters. The summed E-state index contributed by atoms with van der Waals surface area (Å²) in [7, 11) is 0. The number of thioether (sulfide) groups is 1. The van der Waals surface area contributed by atoms with E-state index in [0.29, 0.717) is 26.9 Å². The third-order valence-corrected chi connectivity index (χ3v) is 7.65. The molecule has 1 aliphatic rings. The second kappa shape index (κ2) is 12.7. The van der Waals surface area contributed by atoms with Crippen molar-refractivity contribution in [1.29, 1.82) is 5.26 Å². The highest BCUT2D eigenvalue weighted by Gasteiger charge is 2.35. The summed E-state index contributed by atoms with van der Waals surface area (Å²) in [4.78, 5) is 26.2. The van der Waals surface area contributed by atoms with Crippen molar-refractivity contribution >= 4 is 40.9 Å². The molecule has 0 spiro atoms. The maximum absolute atomic E-state index is 13.4. The van der Waals surface area contributed by atoms with Crippen molar-refractivity contribution < 1.29 is 14.3 Å². The minimum Gasteiger partial charge on any atom is -0.457 e. The van der Waals surface area contributed by atoms with E-state index >= 15 is 0 Å². The molecule has 1 aliphatic heterocycles. The fraction of sp³-hybridized carbons (Fsp3) is 0.194. The van der Waals surface area contributed by atoms with Gasteiger partial charge in [0.25, 0.3) is 0 Å². The van der Waals surface area contributed by atoms with E-state index in [2.05, 4.69) is 16.7 Å². The molecule has 0 saturated heterocycles. The number of carbonyl (C=O) groups is 2. The average Bonchev–Trinajstić information content (AvgIpc) is 2.93. The molecule has 3 aromatic carbocycles. The number of dihydropyridines is 1. The number of rotatable bonds is 8. The number of hydrogen-bond acceptors (Lipinski definition) is 6. The van der Waals surface area contributed by atoms with E-state index in [1.165, 1.54) is 11.8 Å². The summed E-state index contributed by atoms with van der Waals surface area (Å²) in [6.45, 7) is 5.76. The lowest BCUT2D eigenvalue weighted by Gasteiger charge is -2.29. The Morgan fingerprint density at radius 1 is 1.00 bits per heavy atom. The lowest BCUT2D eigenvalue weighted by Crippen LogP contribution is -2.29. The van der Waals surface area contributed by atoms with Crippen molar-refractivity contribution in [3.05, 3.63) is 122 Å². The highest BCUT2D eigenvalue weighted by Crippen LogP contribution is 2.41. The SMILES string of the molecule is CC1=C(C(=O)OCc2ccccc2)[C@@H](c2ccc(Cl)cc2)C(C#N)=C(SCC(=O)Nc2c(C)cccc2C)N1. The molecular formula is C31H28ClN3O3S. The Hall–Kier alpha value is -3.99. The Morgan fingerprint density at radius 3 is 2.31 bits per heavy atom. The standard InChI is InChI=1S/C31H28ClN3O3S/c1-19-8-7-9-20(2)29(19)35-26(36)18-39-30-25(16-33)28(23-12-14-24(32)15-13-23)27(21(3)34-30)31(37)38-17-22-10-5-4-6-11-22/h4-15,28,34H,17-18H2,1-3H3,(H,35,36)/t28-/m0/s1. The van der Waals surface area contributed by atoms with Crippen LogP contribution < -0.4 is 10.6 Å². The lowest BCUT2D eigenvalue weighted by atomic mass is 9.82. The van der Waals surface area contributed by atoms with Gasteiger partial charge in [-0.15, -0.1) is 0 Å². The number of para-hydroxylation sites is 1. The number of ether oxygens (including phenoxy) is 1. The predicted octanol–water partition coefficient (Wildman–Crippen LogP) is 6.77. The van der Waals surface area contributed by atoms with Gasteiger partial charge in [-0.25, -0.2) is 4.79 Å². The zero-order chi connectivity index (χ0) is 27.9. The van der Waals surface area contributed by atoms with Crippen molar-refractivity contribution in [2.24, 2.45) is 0 Å². The maximum Gasteiger partial charge on any atom is 0.337 e. The molecule has 1 heterocycles. The van der Waals surface area contributed by atoms with Crippen molar-refractivity contribution in [3.8, 4) is 6.07 Å². The van der Waals surface area contributed by atoms with Crippen LogP contribution in [0.2, 0.25) is 5.02 Å². The van der Waals surface area contributed by atoms with Crippen LogP contribution in [0.3, 0.4) is 0 Å². The fourth-order valence-electron chi connectivity index (χ4n) is 4.41. The van der Waals surface area contributed by atoms with Crippen molar-refractivity contribution in [3.63, 3.8) is 0 Å². The molecule has 0 saturated carbocycles. The first-order chi connectivity index (χ1) is 18.8. The summed E-state index contributed by atoms with van der Waals surface area (Å²) in [6, 6.07) is 24.5. The first-order valence-electron chi connectivity index (χ1n) is 12.4. The van der Waals surface area contributed by atoms with E-state index in [1.54, 1.807) is 31.2 Å². The monoisotopic (exact) mass is 557 g/mol. The van der Waals surface area contributed by atoms with E-state index in [0.717, 1.165) is 27.9 Å². The van der Waals surface area contributed by atoms with E-state index in [-0.39, 0.29) is 18.3 Å². The Bertz CT molecular complexity index is 1470. The van der Waals surface area contributed by atoms with Crippen LogP contribution in [-0.2, 0) is 20.9 Å². The molecule has 0 fully saturated rings. The summed E-state index contributed by atoms with van der Waals surface area (Å²) < 4.78 is 5.66.